The lowest BCUT2D eigenvalue weighted by Crippen LogP contribution is -2.30. The summed E-state index contributed by atoms with van der Waals surface area (Å²) in [6.07, 6.45) is 88.8. The van der Waals surface area contributed by atoms with E-state index < -0.39 is 6.10 Å². The maximum absolute atomic E-state index is 12.8. The molecule has 0 heterocycles. The molecular formula is C71H120O6. The van der Waals surface area contributed by atoms with Crippen LogP contribution in [0, 0.1) is 0 Å². The topological polar surface area (TPSA) is 78.9 Å². The Bertz CT molecular complexity index is 1560. The molecule has 0 spiro atoms. The van der Waals surface area contributed by atoms with Gasteiger partial charge in [0.25, 0.3) is 0 Å². The molecule has 0 N–H and O–H groups in total. The van der Waals surface area contributed by atoms with Crippen molar-refractivity contribution in [1.82, 2.24) is 0 Å². The molecule has 0 aliphatic carbocycles. The number of rotatable bonds is 58. The van der Waals surface area contributed by atoms with E-state index in [1.165, 1.54) is 148 Å². The highest BCUT2D eigenvalue weighted by molar-refractivity contribution is 5.71. The number of hydrogen-bond donors (Lipinski definition) is 0. The fraction of sp³-hybridized carbons (Fsp3) is 0.704. The quantitative estimate of drug-likeness (QED) is 0.0261. The Labute approximate surface area is 476 Å². The maximum Gasteiger partial charge on any atom is 0.306 e. The van der Waals surface area contributed by atoms with Gasteiger partial charge in [-0.15, -0.1) is 0 Å². The number of allylic oxidation sites excluding steroid dienone is 18. The first-order valence-corrected chi connectivity index (χ1v) is 32.4. The minimum atomic E-state index is -0.806. The van der Waals surface area contributed by atoms with Crippen molar-refractivity contribution in [2.24, 2.45) is 0 Å². The summed E-state index contributed by atoms with van der Waals surface area (Å²) in [6, 6.07) is 0. The zero-order chi connectivity index (χ0) is 55.7. The maximum atomic E-state index is 12.8. The summed E-state index contributed by atoms with van der Waals surface area (Å²) in [5.41, 5.74) is 0. The van der Waals surface area contributed by atoms with Gasteiger partial charge in [0.15, 0.2) is 6.10 Å². The summed E-state index contributed by atoms with van der Waals surface area (Å²) in [4.78, 5) is 37.9. The molecule has 0 aromatic rings. The average molecular weight is 1070 g/mol. The second-order valence-corrected chi connectivity index (χ2v) is 21.3. The van der Waals surface area contributed by atoms with Gasteiger partial charge in [-0.25, -0.2) is 0 Å². The first-order chi connectivity index (χ1) is 38.0. The van der Waals surface area contributed by atoms with Crippen molar-refractivity contribution in [3.8, 4) is 0 Å². The Balaban J connectivity index is 4.07. The van der Waals surface area contributed by atoms with E-state index in [-0.39, 0.29) is 37.5 Å². The average Bonchev–Trinajstić information content (AvgIpc) is 3.43. The molecule has 0 saturated heterocycles. The third-order valence-electron chi connectivity index (χ3n) is 13.8. The molecule has 0 saturated carbocycles. The molecule has 0 bridgehead atoms. The Hall–Kier alpha value is -3.93. The zero-order valence-electron chi connectivity index (χ0n) is 50.4. The van der Waals surface area contributed by atoms with Gasteiger partial charge in [0, 0.05) is 19.3 Å². The molecule has 0 aliphatic heterocycles. The van der Waals surface area contributed by atoms with Crippen LogP contribution in [0.5, 0.6) is 0 Å². The van der Waals surface area contributed by atoms with E-state index in [2.05, 4.69) is 130 Å². The predicted molar refractivity (Wildman–Crippen MR) is 334 cm³/mol. The lowest BCUT2D eigenvalue weighted by atomic mass is 10.0. The Morgan fingerprint density at radius 1 is 0.273 bits per heavy atom. The van der Waals surface area contributed by atoms with Crippen molar-refractivity contribution in [1.29, 1.82) is 0 Å². The highest BCUT2D eigenvalue weighted by Gasteiger charge is 2.19. The van der Waals surface area contributed by atoms with Crippen LogP contribution in [-0.2, 0) is 28.6 Å². The largest absolute Gasteiger partial charge is 0.462 e. The minimum Gasteiger partial charge on any atom is -0.462 e. The fourth-order valence-electron chi connectivity index (χ4n) is 8.93. The lowest BCUT2D eigenvalue weighted by molar-refractivity contribution is -0.167. The molecule has 6 heteroatoms. The molecule has 0 rings (SSSR count). The van der Waals surface area contributed by atoms with Crippen molar-refractivity contribution in [2.75, 3.05) is 13.2 Å². The summed E-state index contributed by atoms with van der Waals surface area (Å²) in [5, 5.41) is 0. The van der Waals surface area contributed by atoms with Crippen molar-refractivity contribution < 1.29 is 28.6 Å². The van der Waals surface area contributed by atoms with E-state index in [9.17, 15) is 14.4 Å². The zero-order valence-corrected chi connectivity index (χ0v) is 50.4. The summed E-state index contributed by atoms with van der Waals surface area (Å²) >= 11 is 0. The monoisotopic (exact) mass is 1070 g/mol. The minimum absolute atomic E-state index is 0.100. The smallest absolute Gasteiger partial charge is 0.306 e. The summed E-state index contributed by atoms with van der Waals surface area (Å²) < 4.78 is 16.7. The summed E-state index contributed by atoms with van der Waals surface area (Å²) in [6.45, 7) is 6.40. The first kappa shape index (κ1) is 73.1. The third-order valence-corrected chi connectivity index (χ3v) is 13.8. The van der Waals surface area contributed by atoms with Gasteiger partial charge in [0.05, 0.1) is 0 Å². The van der Waals surface area contributed by atoms with Crippen molar-refractivity contribution in [3.63, 3.8) is 0 Å². The summed E-state index contributed by atoms with van der Waals surface area (Å²) in [7, 11) is 0. The summed E-state index contributed by atoms with van der Waals surface area (Å²) in [5.74, 6) is -0.969. The molecule has 0 aromatic carbocycles. The molecule has 440 valence electrons. The molecular weight excluding hydrogens is 949 g/mol. The highest BCUT2D eigenvalue weighted by Crippen LogP contribution is 2.16. The van der Waals surface area contributed by atoms with Gasteiger partial charge >= 0.3 is 17.9 Å². The van der Waals surface area contributed by atoms with Gasteiger partial charge in [-0.3, -0.25) is 14.4 Å². The van der Waals surface area contributed by atoms with Crippen LogP contribution in [0.3, 0.4) is 0 Å². The second-order valence-electron chi connectivity index (χ2n) is 21.3. The predicted octanol–water partition coefficient (Wildman–Crippen LogP) is 22.2. The van der Waals surface area contributed by atoms with E-state index in [1.54, 1.807) is 0 Å². The second kappa shape index (κ2) is 64.6. The lowest BCUT2D eigenvalue weighted by Gasteiger charge is -2.18. The number of ether oxygens (including phenoxy) is 3. The van der Waals surface area contributed by atoms with Gasteiger partial charge in [-0.2, -0.15) is 0 Å². The van der Waals surface area contributed by atoms with Crippen molar-refractivity contribution >= 4 is 17.9 Å². The van der Waals surface area contributed by atoms with E-state index in [0.29, 0.717) is 19.3 Å². The van der Waals surface area contributed by atoms with E-state index in [0.717, 1.165) is 109 Å². The van der Waals surface area contributed by atoms with Gasteiger partial charge in [-0.05, 0) is 103 Å². The molecule has 77 heavy (non-hydrogen) atoms. The van der Waals surface area contributed by atoms with E-state index in [4.69, 9.17) is 14.2 Å². The van der Waals surface area contributed by atoms with Crippen LogP contribution < -0.4 is 0 Å². The molecule has 0 aliphatic rings. The van der Waals surface area contributed by atoms with Crippen LogP contribution >= 0.6 is 0 Å². The standard InChI is InChI=1S/C71H120O6/c1-4-7-10-13-15-17-19-21-23-25-27-29-31-32-33-34-35-36-37-38-40-41-43-45-47-49-51-53-55-58-61-64-70(73)76-67-68(66-75-69(72)63-60-57-12-9-6-3)77-71(74)65-62-59-56-54-52-50-48-46-44-42-39-30-28-26-24-22-20-18-16-14-11-8-5-2/h8,11,16,18-19,21-22,24-25,27-28,30,42,44,48,50,54,56,68H,4-7,9-10,12-15,17,20,23,26,29,31-41,43,45-47,49,51-53,55,57-67H2,1-3H3/b11-8-,18-16-,21-19-,24-22-,27-25-,30-28-,44-42-,50-48-,56-54-. The number of hydrogen-bond acceptors (Lipinski definition) is 6. The molecule has 0 fully saturated rings. The number of carbonyl (C=O) groups is 3. The Morgan fingerprint density at radius 2 is 0.519 bits per heavy atom. The third kappa shape index (κ3) is 62.8. The number of esters is 3. The van der Waals surface area contributed by atoms with Crippen LogP contribution in [0.25, 0.3) is 0 Å². The SMILES string of the molecule is CC/C=C\C/C=C\C/C=C\C/C=C\C/C=C\C/C=C\C/C=C\CCCC(=O)OC(COC(=O)CCCCCCC)COC(=O)CCCCCCCCCCCCCCCCCCCCC/C=C\C/C=C\CCCCCCC. The molecule has 0 radical (unpaired) electrons. The van der Waals surface area contributed by atoms with Crippen molar-refractivity contribution in [3.05, 3.63) is 109 Å². The molecule has 1 unspecified atom stereocenters. The van der Waals surface area contributed by atoms with Gasteiger partial charge in [-0.1, -0.05) is 291 Å². The first-order valence-electron chi connectivity index (χ1n) is 32.4. The molecule has 0 amide bonds. The van der Waals surface area contributed by atoms with Crippen LogP contribution in [0.1, 0.15) is 303 Å². The Morgan fingerprint density at radius 3 is 0.831 bits per heavy atom. The van der Waals surface area contributed by atoms with E-state index >= 15 is 0 Å². The van der Waals surface area contributed by atoms with Crippen LogP contribution in [0.15, 0.2) is 109 Å². The molecule has 6 nitrogen and oxygen atoms in total. The van der Waals surface area contributed by atoms with Gasteiger partial charge in [0.2, 0.25) is 0 Å². The van der Waals surface area contributed by atoms with Crippen molar-refractivity contribution in [2.45, 2.75) is 309 Å². The molecule has 0 aromatic heterocycles. The van der Waals surface area contributed by atoms with Crippen LogP contribution in [-0.4, -0.2) is 37.2 Å². The normalized spacial score (nSPS) is 12.8. The Kier molecular flexibility index (Phi) is 61.3. The van der Waals surface area contributed by atoms with Crippen LogP contribution in [0.4, 0.5) is 0 Å². The van der Waals surface area contributed by atoms with Gasteiger partial charge in [0.1, 0.15) is 13.2 Å². The molecule has 1 atom stereocenters. The fourth-order valence-corrected chi connectivity index (χ4v) is 8.93. The number of carbonyl (C=O) groups excluding carboxylic acids is 3. The van der Waals surface area contributed by atoms with Gasteiger partial charge < -0.3 is 14.2 Å². The highest BCUT2D eigenvalue weighted by atomic mass is 16.6. The van der Waals surface area contributed by atoms with Crippen LogP contribution in [0.2, 0.25) is 0 Å². The number of unbranched alkanes of at least 4 members (excludes halogenated alkanes) is 29. The van der Waals surface area contributed by atoms with E-state index in [1.807, 2.05) is 0 Å².